The van der Waals surface area contributed by atoms with E-state index in [1.165, 1.54) is 0 Å². The average Bonchev–Trinajstić information content (AvgIpc) is 3.22. The summed E-state index contributed by atoms with van der Waals surface area (Å²) in [7, 11) is 1.83. The number of carbonyl (C=O) groups excluding carboxylic acids is 1. The first-order valence-electron chi connectivity index (χ1n) is 9.01. The van der Waals surface area contributed by atoms with E-state index >= 15 is 0 Å². The van der Waals surface area contributed by atoms with Gasteiger partial charge in [-0.2, -0.15) is 0 Å². The molecule has 1 saturated carbocycles. The molecule has 0 saturated heterocycles. The lowest BCUT2D eigenvalue weighted by molar-refractivity contribution is 0.0211. The van der Waals surface area contributed by atoms with Crippen molar-refractivity contribution in [2.75, 3.05) is 7.05 Å². The lowest BCUT2D eigenvalue weighted by Crippen LogP contribution is -2.42. The highest BCUT2D eigenvalue weighted by Gasteiger charge is 2.37. The highest BCUT2D eigenvalue weighted by molar-refractivity contribution is 9.10. The van der Waals surface area contributed by atoms with Crippen LogP contribution in [0.2, 0.25) is 0 Å². The van der Waals surface area contributed by atoms with Crippen LogP contribution in [0.5, 0.6) is 0 Å². The first-order valence-corrected chi connectivity index (χ1v) is 9.80. The summed E-state index contributed by atoms with van der Waals surface area (Å²) >= 11 is 3.46. The van der Waals surface area contributed by atoms with Crippen molar-refractivity contribution in [2.45, 2.75) is 57.6 Å². The minimum atomic E-state index is -0.487. The number of likely N-dealkylation sites (N-methyl/N-ethyl adjacent to an activating group) is 1. The third kappa shape index (κ3) is 4.29. The van der Waals surface area contributed by atoms with Crippen molar-refractivity contribution in [3.63, 3.8) is 0 Å². The van der Waals surface area contributed by atoms with E-state index in [2.05, 4.69) is 38.0 Å². The van der Waals surface area contributed by atoms with Crippen LogP contribution in [0.1, 0.15) is 51.8 Å². The summed E-state index contributed by atoms with van der Waals surface area (Å²) in [6.45, 7) is 5.67. The molecule has 0 spiro atoms. The van der Waals surface area contributed by atoms with E-state index in [0.29, 0.717) is 0 Å². The van der Waals surface area contributed by atoms with Crippen molar-refractivity contribution in [2.24, 2.45) is 0 Å². The predicted octanol–water partition coefficient (Wildman–Crippen LogP) is 5.34. The summed E-state index contributed by atoms with van der Waals surface area (Å²) in [5.74, 6) is 1.15. The minimum Gasteiger partial charge on any atom is -0.444 e. The van der Waals surface area contributed by atoms with Gasteiger partial charge in [-0.3, -0.25) is 0 Å². The monoisotopic (exact) mass is 419 g/mol. The van der Waals surface area contributed by atoms with Crippen LogP contribution in [0.3, 0.4) is 0 Å². The van der Waals surface area contributed by atoms with Crippen LogP contribution in [0.4, 0.5) is 4.79 Å². The summed E-state index contributed by atoms with van der Waals surface area (Å²) in [6, 6.07) is 8.25. The van der Waals surface area contributed by atoms with Crippen LogP contribution < -0.4 is 0 Å². The minimum absolute atomic E-state index is 0.105. The normalized spacial score (nSPS) is 20.2. The van der Waals surface area contributed by atoms with Gasteiger partial charge < -0.3 is 14.6 Å². The third-order valence-corrected chi connectivity index (χ3v) is 5.29. The molecule has 1 heterocycles. The summed E-state index contributed by atoms with van der Waals surface area (Å²) in [6.07, 6.45) is 4.67. The summed E-state index contributed by atoms with van der Waals surface area (Å²) in [5, 5.41) is 0. The fraction of sp³-hybridized carbons (Fsp3) is 0.500. The second-order valence-corrected chi connectivity index (χ2v) is 8.80. The number of H-pyrrole nitrogens is 1. The van der Waals surface area contributed by atoms with Gasteiger partial charge in [-0.05, 0) is 51.3 Å². The van der Waals surface area contributed by atoms with Gasteiger partial charge in [0.2, 0.25) is 0 Å². The molecule has 0 aliphatic heterocycles. The second kappa shape index (κ2) is 7.43. The number of aromatic amines is 1. The Bertz CT molecular complexity index is 764. The van der Waals surface area contributed by atoms with Crippen LogP contribution in [0.15, 0.2) is 34.9 Å². The molecule has 1 amide bonds. The molecule has 1 fully saturated rings. The van der Waals surface area contributed by atoms with E-state index in [4.69, 9.17) is 4.74 Å². The molecule has 0 unspecified atom stereocenters. The fourth-order valence-corrected chi connectivity index (χ4v) is 3.76. The summed E-state index contributed by atoms with van der Waals surface area (Å²) < 4.78 is 6.59. The van der Waals surface area contributed by atoms with Gasteiger partial charge in [-0.1, -0.05) is 34.5 Å². The lowest BCUT2D eigenvalue weighted by atomic mass is 10.0. The Morgan fingerprint density at radius 3 is 2.62 bits per heavy atom. The molecule has 2 atom stereocenters. The molecule has 3 rings (SSSR count). The van der Waals surface area contributed by atoms with Crippen molar-refractivity contribution in [1.29, 1.82) is 0 Å². The Hall–Kier alpha value is -1.82. The number of imidazole rings is 1. The number of hydrogen-bond acceptors (Lipinski definition) is 3. The number of hydrogen-bond donors (Lipinski definition) is 1. The quantitative estimate of drug-likeness (QED) is 0.729. The van der Waals surface area contributed by atoms with Crippen molar-refractivity contribution in [3.05, 3.63) is 40.8 Å². The standard InChI is InChI=1S/C20H26BrN3O2/c1-20(2,3)26-19(25)24(4)17-7-5-6-15(17)18-22-12-16(23-18)13-8-10-14(21)11-9-13/h8-12,15,17H,5-7H2,1-4H3,(H,22,23)/t15-,17+/m1/s1. The number of halogens is 1. The van der Waals surface area contributed by atoms with Crippen molar-refractivity contribution in [3.8, 4) is 11.3 Å². The van der Waals surface area contributed by atoms with Gasteiger partial charge in [0, 0.05) is 23.5 Å². The number of carbonyl (C=O) groups is 1. The Kier molecular flexibility index (Phi) is 5.42. The predicted molar refractivity (Wildman–Crippen MR) is 106 cm³/mol. The van der Waals surface area contributed by atoms with Crippen molar-refractivity contribution < 1.29 is 9.53 Å². The van der Waals surface area contributed by atoms with Gasteiger partial charge in [0.15, 0.2) is 0 Å². The molecule has 1 aromatic carbocycles. The van der Waals surface area contributed by atoms with Gasteiger partial charge >= 0.3 is 6.09 Å². The van der Waals surface area contributed by atoms with Crippen LogP contribution in [0, 0.1) is 0 Å². The molecule has 140 valence electrons. The number of nitrogens with one attached hydrogen (secondary N) is 1. The average molecular weight is 420 g/mol. The van der Waals surface area contributed by atoms with Crippen LogP contribution >= 0.6 is 15.9 Å². The maximum absolute atomic E-state index is 12.4. The Balaban J connectivity index is 1.76. The maximum atomic E-state index is 12.4. The molecule has 1 N–H and O–H groups in total. The first kappa shape index (κ1) is 19.0. The zero-order chi connectivity index (χ0) is 18.9. The number of benzene rings is 1. The highest BCUT2D eigenvalue weighted by Crippen LogP contribution is 2.37. The number of rotatable bonds is 3. The molecular formula is C20H26BrN3O2. The van der Waals surface area contributed by atoms with Crippen molar-refractivity contribution in [1.82, 2.24) is 14.9 Å². The molecule has 1 aliphatic carbocycles. The molecule has 5 nitrogen and oxygen atoms in total. The van der Waals surface area contributed by atoms with Crippen LogP contribution in [-0.2, 0) is 4.74 Å². The van der Waals surface area contributed by atoms with Gasteiger partial charge in [0.05, 0.1) is 11.9 Å². The summed E-state index contributed by atoms with van der Waals surface area (Å²) in [5.41, 5.74) is 1.61. The molecule has 1 aliphatic rings. The van der Waals surface area contributed by atoms with E-state index in [1.807, 2.05) is 46.1 Å². The molecular weight excluding hydrogens is 394 g/mol. The lowest BCUT2D eigenvalue weighted by Gasteiger charge is -2.31. The van der Waals surface area contributed by atoms with Gasteiger partial charge in [-0.15, -0.1) is 0 Å². The third-order valence-electron chi connectivity index (χ3n) is 4.76. The summed E-state index contributed by atoms with van der Waals surface area (Å²) in [4.78, 5) is 22.3. The van der Waals surface area contributed by atoms with Crippen molar-refractivity contribution >= 4 is 22.0 Å². The highest BCUT2D eigenvalue weighted by atomic mass is 79.9. The molecule has 0 bridgehead atoms. The van der Waals surface area contributed by atoms with Gasteiger partial charge in [0.1, 0.15) is 11.4 Å². The SMILES string of the molecule is CN(C(=O)OC(C)(C)C)[C@H]1CCC[C@H]1c1ncc(-c2ccc(Br)cc2)[nH]1. The van der Waals surface area contributed by atoms with E-state index in [9.17, 15) is 4.79 Å². The van der Waals surface area contributed by atoms with Gasteiger partial charge in [-0.25, -0.2) is 9.78 Å². The zero-order valence-electron chi connectivity index (χ0n) is 15.8. The maximum Gasteiger partial charge on any atom is 0.410 e. The number of nitrogens with zero attached hydrogens (tertiary/aromatic N) is 2. The number of ether oxygens (including phenoxy) is 1. The molecule has 1 aromatic heterocycles. The Morgan fingerprint density at radius 2 is 1.96 bits per heavy atom. The zero-order valence-corrected chi connectivity index (χ0v) is 17.3. The first-order chi connectivity index (χ1) is 12.2. The number of aromatic nitrogens is 2. The second-order valence-electron chi connectivity index (χ2n) is 7.88. The smallest absolute Gasteiger partial charge is 0.410 e. The van der Waals surface area contributed by atoms with Crippen LogP contribution in [-0.4, -0.2) is 39.7 Å². The molecule has 26 heavy (non-hydrogen) atoms. The topological polar surface area (TPSA) is 58.2 Å². The van der Waals surface area contributed by atoms with Gasteiger partial charge in [0.25, 0.3) is 0 Å². The van der Waals surface area contributed by atoms with E-state index in [-0.39, 0.29) is 18.1 Å². The molecule has 2 aromatic rings. The Labute approximate surface area is 163 Å². The number of amides is 1. The van der Waals surface area contributed by atoms with Crippen LogP contribution in [0.25, 0.3) is 11.3 Å². The fourth-order valence-electron chi connectivity index (χ4n) is 3.49. The van der Waals surface area contributed by atoms with E-state index in [1.54, 1.807) is 4.90 Å². The van der Waals surface area contributed by atoms with E-state index in [0.717, 1.165) is 40.8 Å². The Morgan fingerprint density at radius 1 is 1.27 bits per heavy atom. The molecule has 0 radical (unpaired) electrons. The van der Waals surface area contributed by atoms with E-state index < -0.39 is 5.60 Å². The molecule has 6 heteroatoms. The largest absolute Gasteiger partial charge is 0.444 e.